The molecule has 0 aliphatic carbocycles. The normalized spacial score (nSPS) is 10.4. The Morgan fingerprint density at radius 3 is 2.45 bits per heavy atom. The second kappa shape index (κ2) is 9.74. The predicted molar refractivity (Wildman–Crippen MR) is 110 cm³/mol. The number of rotatable bonds is 8. The third-order valence-corrected chi connectivity index (χ3v) is 4.62. The second-order valence-corrected chi connectivity index (χ2v) is 6.75. The second-order valence-electron chi connectivity index (χ2n) is 5.82. The van der Waals surface area contributed by atoms with Gasteiger partial charge in [-0.2, -0.15) is 0 Å². The Bertz CT molecular complexity index is 971. The average molecular weight is 412 g/mol. The lowest BCUT2D eigenvalue weighted by molar-refractivity contribution is -0.113. The Morgan fingerprint density at radius 1 is 1.07 bits per heavy atom. The molecule has 2 amide bonds. The Hall–Kier alpha value is -3.33. The van der Waals surface area contributed by atoms with E-state index in [1.807, 2.05) is 31.2 Å². The van der Waals surface area contributed by atoms with Crippen molar-refractivity contribution in [1.29, 1.82) is 0 Å². The summed E-state index contributed by atoms with van der Waals surface area (Å²) in [6, 6.07) is 14.0. The maximum atomic E-state index is 12.1. The third-order valence-electron chi connectivity index (χ3n) is 3.80. The highest BCUT2D eigenvalue weighted by Crippen LogP contribution is 2.25. The lowest BCUT2D eigenvalue weighted by atomic mass is 10.2. The van der Waals surface area contributed by atoms with E-state index in [0.29, 0.717) is 29.0 Å². The molecule has 1 heterocycles. The molecule has 3 aromatic rings. The monoisotopic (exact) mass is 412 g/mol. The maximum Gasteiger partial charge on any atom is 0.277 e. The first-order chi connectivity index (χ1) is 14.1. The summed E-state index contributed by atoms with van der Waals surface area (Å²) in [6.45, 7) is 2.52. The molecule has 9 heteroatoms. The van der Waals surface area contributed by atoms with Gasteiger partial charge in [-0.15, -0.1) is 10.2 Å². The first-order valence-corrected chi connectivity index (χ1v) is 9.89. The lowest BCUT2D eigenvalue weighted by Crippen LogP contribution is -2.18. The van der Waals surface area contributed by atoms with Crippen molar-refractivity contribution in [3.8, 4) is 17.2 Å². The molecule has 0 unspecified atom stereocenters. The van der Waals surface area contributed by atoms with Crippen molar-refractivity contribution < 1.29 is 18.7 Å². The molecular weight excluding hydrogens is 392 g/mol. The Balaban J connectivity index is 1.52. The molecule has 0 aliphatic rings. The molecule has 0 aliphatic heterocycles. The predicted octanol–water partition coefficient (Wildman–Crippen LogP) is 3.23. The number of ether oxygens (including phenoxy) is 1. The minimum atomic E-state index is -0.219. The van der Waals surface area contributed by atoms with Crippen molar-refractivity contribution >= 4 is 29.3 Å². The fraction of sp³-hybridized carbons (Fsp3) is 0.200. The van der Waals surface area contributed by atoms with E-state index in [0.717, 1.165) is 23.1 Å². The van der Waals surface area contributed by atoms with Gasteiger partial charge < -0.3 is 19.8 Å². The summed E-state index contributed by atoms with van der Waals surface area (Å²) in [5, 5.41) is 13.6. The molecule has 0 atom stereocenters. The molecule has 2 N–H and O–H groups in total. The molecular formula is C20H20N4O4S. The van der Waals surface area contributed by atoms with Crippen LogP contribution < -0.4 is 15.4 Å². The van der Waals surface area contributed by atoms with E-state index in [2.05, 4.69) is 20.8 Å². The zero-order valence-corrected chi connectivity index (χ0v) is 16.8. The molecule has 150 valence electrons. The smallest absolute Gasteiger partial charge is 0.277 e. The van der Waals surface area contributed by atoms with Crippen molar-refractivity contribution in [3.63, 3.8) is 0 Å². The van der Waals surface area contributed by atoms with Gasteiger partial charge in [-0.05, 0) is 55.5 Å². The number of nitrogens with one attached hydrogen (secondary N) is 2. The molecule has 0 spiro atoms. The standard InChI is InChI=1S/C20H20N4O4S/c1-3-27-16-10-6-14(7-11-16)19-23-24-20(28-19)29-12-17(25)22-15-8-4-13(5-9-15)18(26)21-2/h4-11H,3,12H2,1-2H3,(H,21,26)(H,22,25). The summed E-state index contributed by atoms with van der Waals surface area (Å²) >= 11 is 1.15. The van der Waals surface area contributed by atoms with Crippen LogP contribution in [0.25, 0.3) is 11.5 Å². The zero-order chi connectivity index (χ0) is 20.6. The minimum absolute atomic E-state index is 0.113. The topological polar surface area (TPSA) is 106 Å². The van der Waals surface area contributed by atoms with E-state index < -0.39 is 0 Å². The van der Waals surface area contributed by atoms with Gasteiger partial charge in [0.1, 0.15) is 5.75 Å². The number of hydrogen-bond donors (Lipinski definition) is 2. The van der Waals surface area contributed by atoms with Crippen LogP contribution in [0.5, 0.6) is 5.75 Å². The number of amides is 2. The van der Waals surface area contributed by atoms with Crippen LogP contribution in [0.1, 0.15) is 17.3 Å². The number of anilines is 1. The summed E-state index contributed by atoms with van der Waals surface area (Å²) in [4.78, 5) is 23.6. The van der Waals surface area contributed by atoms with Crippen LogP contribution in [0.15, 0.2) is 58.2 Å². The summed E-state index contributed by atoms with van der Waals surface area (Å²) in [5.74, 6) is 0.857. The van der Waals surface area contributed by atoms with Crippen LogP contribution in [0.2, 0.25) is 0 Å². The van der Waals surface area contributed by atoms with E-state index in [1.54, 1.807) is 31.3 Å². The maximum absolute atomic E-state index is 12.1. The summed E-state index contributed by atoms with van der Waals surface area (Å²) in [5.41, 5.74) is 1.89. The Kier molecular flexibility index (Phi) is 6.85. The van der Waals surface area contributed by atoms with Crippen molar-refractivity contribution in [1.82, 2.24) is 15.5 Å². The van der Waals surface area contributed by atoms with Gasteiger partial charge in [0.05, 0.1) is 12.4 Å². The van der Waals surface area contributed by atoms with Gasteiger partial charge in [-0.1, -0.05) is 11.8 Å². The van der Waals surface area contributed by atoms with Crippen LogP contribution >= 0.6 is 11.8 Å². The van der Waals surface area contributed by atoms with Gasteiger partial charge >= 0.3 is 0 Å². The molecule has 1 aromatic heterocycles. The van der Waals surface area contributed by atoms with Crippen molar-refractivity contribution in [2.75, 3.05) is 24.7 Å². The van der Waals surface area contributed by atoms with Gasteiger partial charge in [0.25, 0.3) is 11.1 Å². The summed E-state index contributed by atoms with van der Waals surface area (Å²) < 4.78 is 11.0. The molecule has 29 heavy (non-hydrogen) atoms. The number of aromatic nitrogens is 2. The fourth-order valence-electron chi connectivity index (χ4n) is 2.42. The van der Waals surface area contributed by atoms with E-state index in [4.69, 9.17) is 9.15 Å². The van der Waals surface area contributed by atoms with Crippen LogP contribution in [-0.4, -0.2) is 41.4 Å². The number of nitrogens with zero attached hydrogens (tertiary/aromatic N) is 2. The van der Waals surface area contributed by atoms with Gasteiger partial charge in [-0.25, -0.2) is 0 Å². The highest BCUT2D eigenvalue weighted by atomic mass is 32.2. The van der Waals surface area contributed by atoms with E-state index in [9.17, 15) is 9.59 Å². The highest BCUT2D eigenvalue weighted by molar-refractivity contribution is 7.99. The van der Waals surface area contributed by atoms with E-state index in [1.165, 1.54) is 0 Å². The van der Waals surface area contributed by atoms with Crippen LogP contribution in [-0.2, 0) is 4.79 Å². The average Bonchev–Trinajstić information content (AvgIpc) is 3.22. The summed E-state index contributed by atoms with van der Waals surface area (Å²) in [7, 11) is 1.56. The molecule has 0 saturated carbocycles. The number of carbonyl (C=O) groups excluding carboxylic acids is 2. The summed E-state index contributed by atoms with van der Waals surface area (Å²) in [6.07, 6.45) is 0. The number of thioether (sulfide) groups is 1. The van der Waals surface area contributed by atoms with Gasteiger partial charge in [0.2, 0.25) is 11.8 Å². The minimum Gasteiger partial charge on any atom is -0.494 e. The zero-order valence-electron chi connectivity index (χ0n) is 16.0. The van der Waals surface area contributed by atoms with Crippen molar-refractivity contribution in [2.45, 2.75) is 12.1 Å². The molecule has 3 rings (SSSR count). The fourth-order valence-corrected chi connectivity index (χ4v) is 2.98. The third kappa shape index (κ3) is 5.58. The van der Waals surface area contributed by atoms with Crippen LogP contribution in [0.3, 0.4) is 0 Å². The van der Waals surface area contributed by atoms with Crippen LogP contribution in [0.4, 0.5) is 5.69 Å². The molecule has 0 saturated heterocycles. The number of benzene rings is 2. The highest BCUT2D eigenvalue weighted by Gasteiger charge is 2.12. The molecule has 2 aromatic carbocycles. The van der Waals surface area contributed by atoms with Crippen molar-refractivity contribution in [3.05, 3.63) is 54.1 Å². The van der Waals surface area contributed by atoms with E-state index in [-0.39, 0.29) is 17.6 Å². The molecule has 0 fully saturated rings. The van der Waals surface area contributed by atoms with Gasteiger partial charge in [0, 0.05) is 23.9 Å². The van der Waals surface area contributed by atoms with Crippen LogP contribution in [0, 0.1) is 0 Å². The molecule has 8 nitrogen and oxygen atoms in total. The van der Waals surface area contributed by atoms with Gasteiger partial charge in [-0.3, -0.25) is 9.59 Å². The molecule has 0 radical (unpaired) electrons. The Labute approximate surface area is 172 Å². The first kappa shape index (κ1) is 20.4. The van der Waals surface area contributed by atoms with E-state index >= 15 is 0 Å². The number of carbonyl (C=O) groups is 2. The first-order valence-electron chi connectivity index (χ1n) is 8.90. The Morgan fingerprint density at radius 2 is 1.79 bits per heavy atom. The number of hydrogen-bond acceptors (Lipinski definition) is 7. The van der Waals surface area contributed by atoms with Gasteiger partial charge in [0.15, 0.2) is 0 Å². The molecule has 0 bridgehead atoms. The SMILES string of the molecule is CCOc1ccc(-c2nnc(SCC(=O)Nc3ccc(C(=O)NC)cc3)o2)cc1. The quantitative estimate of drug-likeness (QED) is 0.547. The lowest BCUT2D eigenvalue weighted by Gasteiger charge is -2.05. The largest absolute Gasteiger partial charge is 0.494 e. The van der Waals surface area contributed by atoms with Crippen molar-refractivity contribution in [2.24, 2.45) is 0 Å².